The molecule has 0 saturated heterocycles. The van der Waals surface area contributed by atoms with E-state index in [2.05, 4.69) is 33.9 Å². The summed E-state index contributed by atoms with van der Waals surface area (Å²) in [5, 5.41) is 0. The molecule has 0 nitrogen and oxygen atoms in total. The van der Waals surface area contributed by atoms with Crippen LogP contribution in [-0.2, 0) is 0 Å². The van der Waals surface area contributed by atoms with Crippen molar-refractivity contribution in [2.24, 2.45) is 5.92 Å². The van der Waals surface area contributed by atoms with Crippen molar-refractivity contribution < 1.29 is 0 Å². The Labute approximate surface area is 85.8 Å². The van der Waals surface area contributed by atoms with Gasteiger partial charge in [-0.3, -0.25) is 0 Å². The van der Waals surface area contributed by atoms with E-state index in [0.717, 1.165) is 6.42 Å². The third-order valence-electron chi connectivity index (χ3n) is 1.50. The van der Waals surface area contributed by atoms with Crippen molar-refractivity contribution in [1.82, 2.24) is 0 Å². The van der Waals surface area contributed by atoms with Crippen LogP contribution in [0.5, 0.6) is 0 Å². The van der Waals surface area contributed by atoms with E-state index >= 15 is 0 Å². The first-order valence-electron chi connectivity index (χ1n) is 5.33. The lowest BCUT2D eigenvalue weighted by molar-refractivity contribution is 0.676. The van der Waals surface area contributed by atoms with Crippen molar-refractivity contribution in [2.75, 3.05) is 0 Å². The van der Waals surface area contributed by atoms with Gasteiger partial charge in [0.15, 0.2) is 0 Å². The van der Waals surface area contributed by atoms with Crippen molar-refractivity contribution in [3.8, 4) is 0 Å². The van der Waals surface area contributed by atoms with Crippen molar-refractivity contribution in [2.45, 2.75) is 54.9 Å². The molecule has 0 fully saturated rings. The summed E-state index contributed by atoms with van der Waals surface area (Å²) in [4.78, 5) is 0. The summed E-state index contributed by atoms with van der Waals surface area (Å²) in [6.45, 7) is 22.0. The Morgan fingerprint density at radius 3 is 1.38 bits per heavy atom. The molecule has 0 aromatic heterocycles. The van der Waals surface area contributed by atoms with Gasteiger partial charge in [-0.1, -0.05) is 52.3 Å². The Kier molecular flexibility index (Phi) is 19.8. The number of rotatable bonds is 3. The molecule has 0 rings (SSSR count). The molecular formula is C13H28. The second kappa shape index (κ2) is 14.0. The zero-order chi connectivity index (χ0) is 11.4. The molecule has 0 radical (unpaired) electrons. The van der Waals surface area contributed by atoms with Gasteiger partial charge in [0.05, 0.1) is 0 Å². The summed E-state index contributed by atoms with van der Waals surface area (Å²) in [6, 6.07) is 0. The van der Waals surface area contributed by atoms with E-state index < -0.39 is 0 Å². The second-order valence-electron chi connectivity index (χ2n) is 2.91. The first-order valence-corrected chi connectivity index (χ1v) is 5.33. The minimum Gasteiger partial charge on any atom is -0.100 e. The van der Waals surface area contributed by atoms with Gasteiger partial charge in [0.2, 0.25) is 0 Å². The molecule has 0 aliphatic carbocycles. The van der Waals surface area contributed by atoms with Gasteiger partial charge in [-0.25, -0.2) is 0 Å². The average molecular weight is 184 g/mol. The van der Waals surface area contributed by atoms with Crippen LogP contribution in [0.1, 0.15) is 54.9 Å². The highest BCUT2D eigenvalue weighted by molar-refractivity contribution is 5.01. The molecule has 0 aliphatic rings. The maximum Gasteiger partial charge on any atom is -0.0200 e. The summed E-state index contributed by atoms with van der Waals surface area (Å²) in [6.07, 6.45) is 1.08. The fourth-order valence-electron chi connectivity index (χ4n) is 0.697. The lowest BCUT2D eigenvalue weighted by atomic mass is 9.97. The second-order valence-corrected chi connectivity index (χ2v) is 2.91. The number of hydrogen-bond donors (Lipinski definition) is 0. The smallest absolute Gasteiger partial charge is 0.0200 e. The summed E-state index contributed by atoms with van der Waals surface area (Å²) < 4.78 is 0. The highest BCUT2D eigenvalue weighted by Crippen LogP contribution is 2.15. The van der Waals surface area contributed by atoms with Crippen LogP contribution in [0.3, 0.4) is 0 Å². The third-order valence-corrected chi connectivity index (χ3v) is 1.50. The van der Waals surface area contributed by atoms with Gasteiger partial charge in [-0.15, -0.1) is 6.58 Å². The van der Waals surface area contributed by atoms with Gasteiger partial charge in [-0.05, 0) is 26.2 Å². The summed E-state index contributed by atoms with van der Waals surface area (Å²) in [5.41, 5.74) is 2.49. The van der Waals surface area contributed by atoms with Crippen LogP contribution in [0.4, 0.5) is 0 Å². The standard InChI is InChI=1S/C9H16.2C2H6/c1-7(2)6-9(5)8(3)4;2*1-2/h9H,1,3,6H2,2,4-5H3;2*1-2H3. The van der Waals surface area contributed by atoms with Gasteiger partial charge >= 0.3 is 0 Å². The molecule has 0 heteroatoms. The maximum absolute atomic E-state index is 3.87. The molecule has 1 atom stereocenters. The maximum atomic E-state index is 3.87. The topological polar surface area (TPSA) is 0 Å². The molecule has 0 heterocycles. The van der Waals surface area contributed by atoms with Crippen LogP contribution < -0.4 is 0 Å². The monoisotopic (exact) mass is 184 g/mol. The highest BCUT2D eigenvalue weighted by Gasteiger charge is 2.00. The molecule has 0 aromatic carbocycles. The van der Waals surface area contributed by atoms with E-state index in [0.29, 0.717) is 5.92 Å². The summed E-state index contributed by atoms with van der Waals surface area (Å²) in [7, 11) is 0. The van der Waals surface area contributed by atoms with Gasteiger partial charge in [-0.2, -0.15) is 0 Å². The Bertz CT molecular complexity index is 120. The van der Waals surface area contributed by atoms with Gasteiger partial charge in [0, 0.05) is 0 Å². The highest BCUT2D eigenvalue weighted by atomic mass is 14.1. The van der Waals surface area contributed by atoms with Crippen molar-refractivity contribution in [1.29, 1.82) is 0 Å². The van der Waals surface area contributed by atoms with Gasteiger partial charge in [0.1, 0.15) is 0 Å². The van der Waals surface area contributed by atoms with Crippen LogP contribution in [0.2, 0.25) is 0 Å². The minimum absolute atomic E-state index is 0.600. The molecule has 0 amide bonds. The van der Waals surface area contributed by atoms with Crippen LogP contribution in [0.25, 0.3) is 0 Å². The van der Waals surface area contributed by atoms with Gasteiger partial charge < -0.3 is 0 Å². The number of allylic oxidation sites excluding steroid dienone is 2. The molecule has 13 heavy (non-hydrogen) atoms. The first kappa shape index (κ1) is 18.3. The molecule has 0 N–H and O–H groups in total. The minimum atomic E-state index is 0.600. The third kappa shape index (κ3) is 18.4. The van der Waals surface area contributed by atoms with Crippen molar-refractivity contribution in [3.63, 3.8) is 0 Å². The molecule has 0 aromatic rings. The van der Waals surface area contributed by atoms with E-state index in [-0.39, 0.29) is 0 Å². The molecule has 0 bridgehead atoms. The predicted octanol–water partition coefficient (Wildman–Crippen LogP) is 5.22. The number of hydrogen-bond acceptors (Lipinski definition) is 0. The Balaban J connectivity index is -0.000000218. The van der Waals surface area contributed by atoms with E-state index in [1.165, 1.54) is 11.1 Å². The first-order chi connectivity index (χ1) is 6.04. The average Bonchev–Trinajstić information content (AvgIpc) is 2.10. The predicted molar refractivity (Wildman–Crippen MR) is 66.1 cm³/mol. The SMILES string of the molecule is C=C(C)CC(C)C(=C)C.CC.CC. The quantitative estimate of drug-likeness (QED) is 0.528. The normalized spacial score (nSPS) is 9.77. The largest absolute Gasteiger partial charge is 0.100 e. The zero-order valence-electron chi connectivity index (χ0n) is 10.7. The van der Waals surface area contributed by atoms with Crippen LogP contribution in [-0.4, -0.2) is 0 Å². The van der Waals surface area contributed by atoms with Crippen LogP contribution in [0.15, 0.2) is 24.3 Å². The molecule has 0 spiro atoms. The summed E-state index contributed by atoms with van der Waals surface area (Å²) in [5.74, 6) is 0.600. The molecule has 0 aliphatic heterocycles. The molecule has 1 unspecified atom stereocenters. The van der Waals surface area contributed by atoms with E-state index in [4.69, 9.17) is 0 Å². The molecule has 80 valence electrons. The zero-order valence-corrected chi connectivity index (χ0v) is 10.7. The Hall–Kier alpha value is -0.520. The van der Waals surface area contributed by atoms with Crippen LogP contribution in [0, 0.1) is 5.92 Å². The van der Waals surface area contributed by atoms with E-state index in [1.54, 1.807) is 0 Å². The van der Waals surface area contributed by atoms with E-state index in [9.17, 15) is 0 Å². The van der Waals surface area contributed by atoms with Gasteiger partial charge in [0.25, 0.3) is 0 Å². The van der Waals surface area contributed by atoms with E-state index in [1.807, 2.05) is 27.7 Å². The lowest BCUT2D eigenvalue weighted by Gasteiger charge is -2.09. The lowest BCUT2D eigenvalue weighted by Crippen LogP contribution is -1.94. The molecule has 0 saturated carbocycles. The van der Waals surface area contributed by atoms with Crippen LogP contribution >= 0.6 is 0 Å². The van der Waals surface area contributed by atoms with Crippen molar-refractivity contribution in [3.05, 3.63) is 24.3 Å². The Morgan fingerprint density at radius 1 is 1.00 bits per heavy atom. The Morgan fingerprint density at radius 2 is 1.31 bits per heavy atom. The fraction of sp³-hybridized carbons (Fsp3) is 0.692. The summed E-state index contributed by atoms with van der Waals surface area (Å²) >= 11 is 0. The van der Waals surface area contributed by atoms with Crippen molar-refractivity contribution >= 4 is 0 Å². The fourth-order valence-corrected chi connectivity index (χ4v) is 0.697. The molecular weight excluding hydrogens is 156 g/mol.